The Labute approximate surface area is 105 Å². The molecule has 0 nitrogen and oxygen atoms in total. The summed E-state index contributed by atoms with van der Waals surface area (Å²) in [5, 5.41) is 3.29. The molecule has 0 heterocycles. The van der Waals surface area contributed by atoms with Crippen LogP contribution in [0.2, 0.25) is 5.02 Å². The molecule has 82 valence electrons. The van der Waals surface area contributed by atoms with E-state index in [2.05, 4.69) is 48.5 Å². The van der Waals surface area contributed by atoms with Crippen LogP contribution in [0.15, 0.2) is 66.7 Å². The molecule has 0 aliphatic heterocycles. The average Bonchev–Trinajstić information content (AvgIpc) is 2.38. The SMILES string of the molecule is Clc1cccc(-c2cccc3ccccc23)c1. The molecule has 3 aromatic carbocycles. The fraction of sp³-hybridized carbons (Fsp3) is 0. The van der Waals surface area contributed by atoms with Gasteiger partial charge in [0.05, 0.1) is 0 Å². The van der Waals surface area contributed by atoms with E-state index >= 15 is 0 Å². The molecule has 0 N–H and O–H groups in total. The first-order chi connectivity index (χ1) is 8.34. The Bertz CT molecular complexity index is 666. The standard InChI is InChI=1S/C16H11Cl/c17-14-8-3-7-13(11-14)16-10-4-6-12-5-1-2-9-15(12)16/h1-11H. The van der Waals surface area contributed by atoms with Crippen molar-refractivity contribution < 1.29 is 0 Å². The van der Waals surface area contributed by atoms with Gasteiger partial charge in [-0.25, -0.2) is 0 Å². The van der Waals surface area contributed by atoms with Gasteiger partial charge in [-0.15, -0.1) is 0 Å². The van der Waals surface area contributed by atoms with Gasteiger partial charge in [0.2, 0.25) is 0 Å². The monoisotopic (exact) mass is 238 g/mol. The Morgan fingerprint density at radius 3 is 2.35 bits per heavy atom. The highest BCUT2D eigenvalue weighted by atomic mass is 35.5. The maximum absolute atomic E-state index is 6.05. The molecule has 17 heavy (non-hydrogen) atoms. The number of benzene rings is 3. The molecule has 0 unspecified atom stereocenters. The Morgan fingerprint density at radius 1 is 0.706 bits per heavy atom. The number of fused-ring (bicyclic) bond motifs is 1. The lowest BCUT2D eigenvalue weighted by Gasteiger charge is -2.06. The molecule has 0 fully saturated rings. The molecule has 0 aliphatic rings. The number of hydrogen-bond donors (Lipinski definition) is 0. The van der Waals surface area contributed by atoms with Crippen molar-refractivity contribution in [1.82, 2.24) is 0 Å². The van der Waals surface area contributed by atoms with E-state index in [0.717, 1.165) is 10.6 Å². The fourth-order valence-corrected chi connectivity index (χ4v) is 2.32. The van der Waals surface area contributed by atoms with Crippen LogP contribution < -0.4 is 0 Å². The van der Waals surface area contributed by atoms with Gasteiger partial charge in [-0.1, -0.05) is 66.2 Å². The van der Waals surface area contributed by atoms with Gasteiger partial charge in [-0.3, -0.25) is 0 Å². The van der Waals surface area contributed by atoms with E-state index < -0.39 is 0 Å². The molecule has 0 bridgehead atoms. The molecule has 1 heteroatoms. The highest BCUT2D eigenvalue weighted by molar-refractivity contribution is 6.30. The first-order valence-corrected chi connectivity index (χ1v) is 5.96. The molecular weight excluding hydrogens is 228 g/mol. The van der Waals surface area contributed by atoms with Crippen molar-refractivity contribution in [2.24, 2.45) is 0 Å². The summed E-state index contributed by atoms with van der Waals surface area (Å²) in [6.07, 6.45) is 0. The third-order valence-electron chi connectivity index (χ3n) is 2.93. The van der Waals surface area contributed by atoms with Gasteiger partial charge in [-0.2, -0.15) is 0 Å². The summed E-state index contributed by atoms with van der Waals surface area (Å²) in [5.74, 6) is 0. The summed E-state index contributed by atoms with van der Waals surface area (Å²) in [7, 11) is 0. The topological polar surface area (TPSA) is 0 Å². The first-order valence-electron chi connectivity index (χ1n) is 5.58. The van der Waals surface area contributed by atoms with Gasteiger partial charge in [0.1, 0.15) is 0 Å². The summed E-state index contributed by atoms with van der Waals surface area (Å²) in [5.41, 5.74) is 2.39. The summed E-state index contributed by atoms with van der Waals surface area (Å²) >= 11 is 6.05. The largest absolute Gasteiger partial charge is 0.0843 e. The van der Waals surface area contributed by atoms with Gasteiger partial charge >= 0.3 is 0 Å². The molecule has 0 saturated heterocycles. The van der Waals surface area contributed by atoms with Gasteiger partial charge < -0.3 is 0 Å². The average molecular weight is 239 g/mol. The minimum Gasteiger partial charge on any atom is -0.0843 e. The Hall–Kier alpha value is -1.79. The second-order valence-electron chi connectivity index (χ2n) is 4.04. The van der Waals surface area contributed by atoms with Crippen LogP contribution in [0.25, 0.3) is 21.9 Å². The minimum absolute atomic E-state index is 0.774. The smallest absolute Gasteiger partial charge is 0.0412 e. The second kappa shape index (κ2) is 4.23. The van der Waals surface area contributed by atoms with E-state index in [4.69, 9.17) is 11.6 Å². The van der Waals surface area contributed by atoms with Crippen molar-refractivity contribution in [2.75, 3.05) is 0 Å². The van der Waals surface area contributed by atoms with Gasteiger partial charge in [0.15, 0.2) is 0 Å². The van der Waals surface area contributed by atoms with Crippen molar-refractivity contribution in [3.8, 4) is 11.1 Å². The number of rotatable bonds is 1. The van der Waals surface area contributed by atoms with Crippen LogP contribution in [0.3, 0.4) is 0 Å². The van der Waals surface area contributed by atoms with Crippen LogP contribution in [0.1, 0.15) is 0 Å². The Morgan fingerprint density at radius 2 is 1.47 bits per heavy atom. The first kappa shape index (κ1) is 10.4. The summed E-state index contributed by atoms with van der Waals surface area (Å²) < 4.78 is 0. The maximum atomic E-state index is 6.05. The summed E-state index contributed by atoms with van der Waals surface area (Å²) in [4.78, 5) is 0. The molecule has 0 radical (unpaired) electrons. The highest BCUT2D eigenvalue weighted by Gasteiger charge is 2.02. The maximum Gasteiger partial charge on any atom is 0.0412 e. The fourth-order valence-electron chi connectivity index (χ4n) is 2.13. The van der Waals surface area contributed by atoms with Gasteiger partial charge in [0, 0.05) is 5.02 Å². The second-order valence-corrected chi connectivity index (χ2v) is 4.47. The van der Waals surface area contributed by atoms with Crippen molar-refractivity contribution in [3.63, 3.8) is 0 Å². The van der Waals surface area contributed by atoms with Crippen LogP contribution in [-0.4, -0.2) is 0 Å². The van der Waals surface area contributed by atoms with E-state index in [0.29, 0.717) is 0 Å². The van der Waals surface area contributed by atoms with Crippen LogP contribution in [0.4, 0.5) is 0 Å². The molecule has 0 aliphatic carbocycles. The summed E-state index contributed by atoms with van der Waals surface area (Å²) in [6.45, 7) is 0. The zero-order chi connectivity index (χ0) is 11.7. The van der Waals surface area contributed by atoms with E-state index in [1.54, 1.807) is 0 Å². The predicted octanol–water partition coefficient (Wildman–Crippen LogP) is 5.16. The predicted molar refractivity (Wildman–Crippen MR) is 74.4 cm³/mol. The van der Waals surface area contributed by atoms with Crippen molar-refractivity contribution in [2.45, 2.75) is 0 Å². The summed E-state index contributed by atoms with van der Waals surface area (Å²) in [6, 6.07) is 22.7. The Kier molecular flexibility index (Phi) is 2.58. The van der Waals surface area contributed by atoms with E-state index in [-0.39, 0.29) is 0 Å². The number of hydrogen-bond acceptors (Lipinski definition) is 0. The molecule has 3 rings (SSSR count). The van der Waals surface area contributed by atoms with Crippen LogP contribution in [0, 0.1) is 0 Å². The molecular formula is C16H11Cl. The molecule has 3 aromatic rings. The molecule has 0 saturated carbocycles. The molecule has 0 atom stereocenters. The van der Waals surface area contributed by atoms with E-state index in [9.17, 15) is 0 Å². The zero-order valence-corrected chi connectivity index (χ0v) is 9.98. The van der Waals surface area contributed by atoms with Crippen molar-refractivity contribution in [3.05, 3.63) is 71.8 Å². The van der Waals surface area contributed by atoms with E-state index in [1.807, 2.05) is 18.2 Å². The van der Waals surface area contributed by atoms with Crippen molar-refractivity contribution >= 4 is 22.4 Å². The van der Waals surface area contributed by atoms with Crippen molar-refractivity contribution in [1.29, 1.82) is 0 Å². The third kappa shape index (κ3) is 1.92. The molecule has 0 aromatic heterocycles. The molecule has 0 amide bonds. The lowest BCUT2D eigenvalue weighted by Crippen LogP contribution is -1.80. The Balaban J connectivity index is 2.30. The van der Waals surface area contributed by atoms with Gasteiger partial charge in [0.25, 0.3) is 0 Å². The number of halogens is 1. The lowest BCUT2D eigenvalue weighted by atomic mass is 9.98. The zero-order valence-electron chi connectivity index (χ0n) is 9.23. The lowest BCUT2D eigenvalue weighted by molar-refractivity contribution is 1.65. The minimum atomic E-state index is 0.774. The van der Waals surface area contributed by atoms with Crippen LogP contribution >= 0.6 is 11.6 Å². The van der Waals surface area contributed by atoms with Gasteiger partial charge in [-0.05, 0) is 34.0 Å². The van der Waals surface area contributed by atoms with Crippen LogP contribution in [-0.2, 0) is 0 Å². The third-order valence-corrected chi connectivity index (χ3v) is 3.16. The quantitative estimate of drug-likeness (QED) is 0.549. The highest BCUT2D eigenvalue weighted by Crippen LogP contribution is 2.29. The van der Waals surface area contributed by atoms with E-state index in [1.165, 1.54) is 16.3 Å². The normalized spacial score (nSPS) is 10.6. The van der Waals surface area contributed by atoms with Crippen LogP contribution in [0.5, 0.6) is 0 Å². The molecule has 0 spiro atoms.